The molecule has 18 heavy (non-hydrogen) atoms. The molecule has 0 saturated heterocycles. The fourth-order valence-corrected chi connectivity index (χ4v) is 1.89. The lowest BCUT2D eigenvalue weighted by Crippen LogP contribution is -2.46. The first kappa shape index (κ1) is 15.2. The number of hydrogen-bond donors (Lipinski definition) is 2. The minimum Gasteiger partial charge on any atom is -0.382 e. The van der Waals surface area contributed by atoms with Gasteiger partial charge >= 0.3 is 0 Å². The summed E-state index contributed by atoms with van der Waals surface area (Å²) in [4.78, 5) is 6.88. The van der Waals surface area contributed by atoms with Gasteiger partial charge in [-0.05, 0) is 32.6 Å². The molecule has 0 unspecified atom stereocenters. The molecule has 0 aromatic rings. The van der Waals surface area contributed by atoms with E-state index in [-0.39, 0.29) is 0 Å². The Morgan fingerprint density at radius 2 is 2.17 bits per heavy atom. The van der Waals surface area contributed by atoms with E-state index in [1.165, 1.54) is 25.7 Å². The summed E-state index contributed by atoms with van der Waals surface area (Å²) in [7, 11) is 0. The predicted molar refractivity (Wildman–Crippen MR) is 75.4 cm³/mol. The molecule has 0 aromatic heterocycles. The van der Waals surface area contributed by atoms with E-state index >= 15 is 0 Å². The van der Waals surface area contributed by atoms with E-state index in [1.54, 1.807) is 0 Å². The largest absolute Gasteiger partial charge is 0.382 e. The molecule has 0 spiro atoms. The third-order valence-electron chi connectivity index (χ3n) is 3.05. The normalized spacial score (nSPS) is 15.8. The van der Waals surface area contributed by atoms with E-state index in [9.17, 15) is 0 Å². The molecule has 0 bridgehead atoms. The van der Waals surface area contributed by atoms with Crippen molar-refractivity contribution in [1.29, 1.82) is 0 Å². The highest BCUT2D eigenvalue weighted by Crippen LogP contribution is 2.27. The number of hydrogen-bond acceptors (Lipinski definition) is 3. The summed E-state index contributed by atoms with van der Waals surface area (Å²) in [6.07, 6.45) is 5.87. The molecule has 5 heteroatoms. The van der Waals surface area contributed by atoms with Crippen LogP contribution in [0.15, 0.2) is 4.99 Å². The van der Waals surface area contributed by atoms with E-state index < -0.39 is 0 Å². The van der Waals surface area contributed by atoms with Gasteiger partial charge in [0.2, 0.25) is 5.96 Å². The lowest BCUT2D eigenvalue weighted by molar-refractivity contribution is 0.146. The van der Waals surface area contributed by atoms with Crippen molar-refractivity contribution < 1.29 is 4.74 Å². The average Bonchev–Trinajstić information content (AvgIpc) is 3.21. The molecule has 0 aliphatic heterocycles. The number of guanidine groups is 1. The molecule has 1 fully saturated rings. The molecule has 0 radical (unpaired) electrons. The van der Waals surface area contributed by atoms with Crippen molar-refractivity contribution in [3.8, 4) is 0 Å². The van der Waals surface area contributed by atoms with Gasteiger partial charge in [-0.3, -0.25) is 10.4 Å². The Hall–Kier alpha value is -0.810. The summed E-state index contributed by atoms with van der Waals surface area (Å²) < 4.78 is 5.30. The van der Waals surface area contributed by atoms with E-state index in [0.717, 1.165) is 38.7 Å². The predicted octanol–water partition coefficient (Wildman–Crippen LogP) is 1.50. The van der Waals surface area contributed by atoms with Crippen LogP contribution < -0.4 is 11.3 Å². The smallest absolute Gasteiger partial charge is 0.208 e. The highest BCUT2D eigenvalue weighted by molar-refractivity contribution is 5.80. The molecule has 0 heterocycles. The number of nitrogens with two attached hydrogens (primary N) is 1. The number of nitrogens with zero attached hydrogens (tertiary/aromatic N) is 2. The molecular weight excluding hydrogens is 228 g/mol. The Labute approximate surface area is 111 Å². The monoisotopic (exact) mass is 256 g/mol. The highest BCUT2D eigenvalue weighted by atomic mass is 16.5. The molecule has 1 saturated carbocycles. The second kappa shape index (κ2) is 9.16. The van der Waals surface area contributed by atoms with Crippen LogP contribution in [0.3, 0.4) is 0 Å². The second-order valence-electron chi connectivity index (χ2n) is 4.68. The molecule has 106 valence electrons. The van der Waals surface area contributed by atoms with Gasteiger partial charge in [0.25, 0.3) is 0 Å². The van der Waals surface area contributed by atoms with Gasteiger partial charge in [0.05, 0.1) is 0 Å². The number of ether oxygens (including phenoxy) is 1. The van der Waals surface area contributed by atoms with E-state index in [2.05, 4.69) is 22.2 Å². The minimum atomic E-state index is 0.651. The summed E-state index contributed by atoms with van der Waals surface area (Å²) in [5, 5.41) is 0. The van der Waals surface area contributed by atoms with Crippen LogP contribution in [0.1, 0.15) is 46.0 Å². The van der Waals surface area contributed by atoms with Gasteiger partial charge < -0.3 is 9.64 Å². The van der Waals surface area contributed by atoms with Gasteiger partial charge in [-0.15, -0.1) is 0 Å². The zero-order chi connectivity index (χ0) is 13.2. The van der Waals surface area contributed by atoms with Crippen LogP contribution in [0.5, 0.6) is 0 Å². The number of unbranched alkanes of at least 4 members (excludes halogenated alkanes) is 1. The molecule has 3 N–H and O–H groups in total. The third-order valence-corrected chi connectivity index (χ3v) is 3.05. The quantitative estimate of drug-likeness (QED) is 0.216. The van der Waals surface area contributed by atoms with E-state index in [0.29, 0.717) is 6.04 Å². The zero-order valence-corrected chi connectivity index (χ0v) is 11.8. The van der Waals surface area contributed by atoms with Gasteiger partial charge in [0.15, 0.2) is 0 Å². The molecule has 0 aromatic carbocycles. The summed E-state index contributed by atoms with van der Waals surface area (Å²) in [6, 6.07) is 0.651. The van der Waals surface area contributed by atoms with Crippen molar-refractivity contribution in [3.05, 3.63) is 0 Å². The molecule has 0 atom stereocenters. The Morgan fingerprint density at radius 1 is 1.39 bits per heavy atom. The molecule has 1 rings (SSSR count). The fourth-order valence-electron chi connectivity index (χ4n) is 1.89. The van der Waals surface area contributed by atoms with E-state index in [1.807, 2.05) is 6.92 Å². The first-order valence-corrected chi connectivity index (χ1v) is 7.18. The zero-order valence-electron chi connectivity index (χ0n) is 11.8. The van der Waals surface area contributed by atoms with Crippen LogP contribution in [-0.4, -0.2) is 43.2 Å². The van der Waals surface area contributed by atoms with Crippen molar-refractivity contribution >= 4 is 5.96 Å². The Morgan fingerprint density at radius 3 is 2.72 bits per heavy atom. The minimum absolute atomic E-state index is 0.651. The van der Waals surface area contributed by atoms with Gasteiger partial charge in [-0.25, -0.2) is 5.84 Å². The van der Waals surface area contributed by atoms with Crippen molar-refractivity contribution in [2.24, 2.45) is 10.8 Å². The Balaban J connectivity index is 2.36. The summed E-state index contributed by atoms with van der Waals surface area (Å²) in [5.74, 6) is 6.45. The van der Waals surface area contributed by atoms with Crippen molar-refractivity contribution in [1.82, 2.24) is 10.3 Å². The molecule has 1 aliphatic rings. The van der Waals surface area contributed by atoms with Crippen molar-refractivity contribution in [2.45, 2.75) is 52.0 Å². The molecule has 1 aliphatic carbocycles. The number of rotatable bonds is 9. The number of nitrogens with one attached hydrogen (secondary N) is 1. The van der Waals surface area contributed by atoms with Crippen molar-refractivity contribution in [3.63, 3.8) is 0 Å². The Bertz CT molecular complexity index is 241. The van der Waals surface area contributed by atoms with Crippen LogP contribution in [0.4, 0.5) is 0 Å². The SMILES string of the molecule is CCCCN(C(=NCCCOCC)NN)C1CC1. The van der Waals surface area contributed by atoms with Gasteiger partial charge in [-0.1, -0.05) is 13.3 Å². The topological polar surface area (TPSA) is 62.9 Å². The van der Waals surface area contributed by atoms with Crippen molar-refractivity contribution in [2.75, 3.05) is 26.3 Å². The fraction of sp³-hybridized carbons (Fsp3) is 0.923. The molecular formula is C13H28N4O. The van der Waals surface area contributed by atoms with Gasteiger partial charge in [0.1, 0.15) is 0 Å². The maximum Gasteiger partial charge on any atom is 0.208 e. The van der Waals surface area contributed by atoms with E-state index in [4.69, 9.17) is 10.6 Å². The van der Waals surface area contributed by atoms with Crippen LogP contribution in [-0.2, 0) is 4.74 Å². The summed E-state index contributed by atoms with van der Waals surface area (Å²) >= 11 is 0. The standard InChI is InChI=1S/C13H28N4O/c1-3-5-10-17(12-7-8-12)13(16-14)15-9-6-11-18-4-2/h12H,3-11,14H2,1-2H3,(H,15,16). The third kappa shape index (κ3) is 5.69. The molecule has 5 nitrogen and oxygen atoms in total. The lowest BCUT2D eigenvalue weighted by Gasteiger charge is -2.25. The highest BCUT2D eigenvalue weighted by Gasteiger charge is 2.30. The Kier molecular flexibility index (Phi) is 7.76. The maximum atomic E-state index is 5.60. The number of aliphatic imine (C=N–C) groups is 1. The lowest BCUT2D eigenvalue weighted by atomic mass is 10.3. The average molecular weight is 256 g/mol. The van der Waals surface area contributed by atoms with Crippen LogP contribution in [0, 0.1) is 0 Å². The van der Waals surface area contributed by atoms with Crippen LogP contribution in [0.25, 0.3) is 0 Å². The first-order valence-electron chi connectivity index (χ1n) is 7.18. The molecule has 0 amide bonds. The maximum absolute atomic E-state index is 5.60. The van der Waals surface area contributed by atoms with Gasteiger partial charge in [-0.2, -0.15) is 0 Å². The summed E-state index contributed by atoms with van der Waals surface area (Å²) in [6.45, 7) is 7.59. The van der Waals surface area contributed by atoms with Crippen LogP contribution >= 0.6 is 0 Å². The number of hydrazine groups is 1. The van der Waals surface area contributed by atoms with Gasteiger partial charge in [0, 0.05) is 32.3 Å². The second-order valence-corrected chi connectivity index (χ2v) is 4.68. The van der Waals surface area contributed by atoms with Crippen LogP contribution in [0.2, 0.25) is 0 Å². The summed E-state index contributed by atoms with van der Waals surface area (Å²) in [5.41, 5.74) is 2.76. The first-order chi connectivity index (χ1) is 8.83.